The van der Waals surface area contributed by atoms with Gasteiger partial charge in [-0.1, -0.05) is 18.2 Å². The van der Waals surface area contributed by atoms with E-state index in [1.807, 2.05) is 30.1 Å². The number of hydrogen-bond acceptors (Lipinski definition) is 3. The van der Waals surface area contributed by atoms with E-state index in [1.165, 1.54) is 38.0 Å². The number of hydrogen-bond donors (Lipinski definition) is 0. The second-order valence-corrected chi connectivity index (χ2v) is 10.4. The molecule has 0 aliphatic heterocycles. The molecule has 0 aromatic heterocycles. The Morgan fingerprint density at radius 2 is 1.72 bits per heavy atom. The zero-order valence-electron chi connectivity index (χ0n) is 19.2. The third-order valence-corrected chi connectivity index (χ3v) is 8.20. The number of halogens is 1. The fraction of sp³-hybridized carbons (Fsp3) is 0.519. The Balaban J connectivity index is 1.40. The maximum atomic E-state index is 14.2. The molecule has 0 saturated heterocycles. The molecule has 4 saturated carbocycles. The number of benzene rings is 2. The van der Waals surface area contributed by atoms with E-state index in [4.69, 9.17) is 9.47 Å². The van der Waals surface area contributed by atoms with E-state index in [0.717, 1.165) is 30.6 Å². The van der Waals surface area contributed by atoms with Crippen molar-refractivity contribution in [2.24, 2.45) is 17.3 Å². The van der Waals surface area contributed by atoms with Gasteiger partial charge in [-0.15, -0.1) is 0 Å². The maximum absolute atomic E-state index is 14.2. The van der Waals surface area contributed by atoms with Gasteiger partial charge in [-0.25, -0.2) is 4.39 Å². The highest BCUT2D eigenvalue weighted by Crippen LogP contribution is 2.66. The van der Waals surface area contributed by atoms with Crippen molar-refractivity contribution in [1.82, 2.24) is 4.90 Å². The minimum Gasteiger partial charge on any atom is -0.497 e. The Kier molecular flexibility index (Phi) is 5.18. The van der Waals surface area contributed by atoms with Crippen molar-refractivity contribution in [1.29, 1.82) is 0 Å². The van der Waals surface area contributed by atoms with Crippen LogP contribution in [0, 0.1) is 23.1 Å². The Morgan fingerprint density at radius 1 is 1.03 bits per heavy atom. The van der Waals surface area contributed by atoms with Gasteiger partial charge >= 0.3 is 0 Å². The standard InChI is InChI=1S/C27H32FNO3/c1-29(16-18-4-9-24(32-3)23(28)11-18)25(30)27-14-19-10-20(15-27)13-26(12-19,17-27)21-5-7-22(31-2)8-6-21/h4-9,11,19-20H,10,12-17H2,1-3H3. The van der Waals surface area contributed by atoms with Crippen LogP contribution >= 0.6 is 0 Å². The molecular formula is C27H32FNO3. The van der Waals surface area contributed by atoms with Gasteiger partial charge in [0.25, 0.3) is 0 Å². The number of rotatable bonds is 6. The second kappa shape index (κ2) is 7.79. The molecule has 170 valence electrons. The van der Waals surface area contributed by atoms with Crippen LogP contribution in [0.4, 0.5) is 4.39 Å². The van der Waals surface area contributed by atoms with E-state index in [-0.39, 0.29) is 28.3 Å². The highest BCUT2D eigenvalue weighted by atomic mass is 19.1. The van der Waals surface area contributed by atoms with Crippen molar-refractivity contribution in [3.8, 4) is 11.5 Å². The predicted octanol–water partition coefficient (Wildman–Crippen LogP) is 5.34. The molecule has 2 aromatic carbocycles. The van der Waals surface area contributed by atoms with Gasteiger partial charge in [0.1, 0.15) is 5.75 Å². The van der Waals surface area contributed by atoms with E-state index >= 15 is 0 Å². The van der Waals surface area contributed by atoms with E-state index < -0.39 is 0 Å². The summed E-state index contributed by atoms with van der Waals surface area (Å²) in [5, 5.41) is 0. The molecule has 4 nitrogen and oxygen atoms in total. The van der Waals surface area contributed by atoms with E-state index in [2.05, 4.69) is 12.1 Å². The summed E-state index contributed by atoms with van der Waals surface area (Å²) >= 11 is 0. The summed E-state index contributed by atoms with van der Waals surface area (Å²) in [5.41, 5.74) is 1.92. The first-order chi connectivity index (χ1) is 15.4. The molecule has 2 atom stereocenters. The third kappa shape index (κ3) is 3.46. The molecule has 4 fully saturated rings. The molecule has 1 amide bonds. The Labute approximate surface area is 189 Å². The topological polar surface area (TPSA) is 38.8 Å². The number of carbonyl (C=O) groups is 1. The Morgan fingerprint density at radius 3 is 2.31 bits per heavy atom. The van der Waals surface area contributed by atoms with Crippen LogP contribution in [-0.2, 0) is 16.8 Å². The van der Waals surface area contributed by atoms with Crippen LogP contribution in [0.25, 0.3) is 0 Å². The monoisotopic (exact) mass is 437 g/mol. The first-order valence-electron chi connectivity index (χ1n) is 11.6. The maximum Gasteiger partial charge on any atom is 0.228 e. The van der Waals surface area contributed by atoms with Gasteiger partial charge in [0.15, 0.2) is 11.6 Å². The molecule has 4 bridgehead atoms. The largest absolute Gasteiger partial charge is 0.497 e. The second-order valence-electron chi connectivity index (χ2n) is 10.4. The van der Waals surface area contributed by atoms with Crippen LogP contribution < -0.4 is 9.47 Å². The van der Waals surface area contributed by atoms with Crippen LogP contribution in [0.5, 0.6) is 11.5 Å². The molecule has 6 rings (SSSR count). The summed E-state index contributed by atoms with van der Waals surface area (Å²) in [6, 6.07) is 13.4. The van der Waals surface area contributed by atoms with Gasteiger partial charge < -0.3 is 14.4 Å². The molecule has 4 aliphatic rings. The van der Waals surface area contributed by atoms with Crippen molar-refractivity contribution in [3.05, 3.63) is 59.4 Å². The van der Waals surface area contributed by atoms with E-state index in [1.54, 1.807) is 13.2 Å². The smallest absolute Gasteiger partial charge is 0.228 e. The minimum atomic E-state index is -0.390. The van der Waals surface area contributed by atoms with Gasteiger partial charge in [0.05, 0.1) is 19.6 Å². The molecule has 0 spiro atoms. The lowest BCUT2D eigenvalue weighted by atomic mass is 9.42. The van der Waals surface area contributed by atoms with Gasteiger partial charge in [0, 0.05) is 13.6 Å². The molecule has 2 aromatic rings. The minimum absolute atomic E-state index is 0.0824. The molecule has 2 unspecified atom stereocenters. The first kappa shape index (κ1) is 21.3. The first-order valence-corrected chi connectivity index (χ1v) is 11.6. The van der Waals surface area contributed by atoms with Crippen LogP contribution in [0.3, 0.4) is 0 Å². The number of carbonyl (C=O) groups excluding carboxylic acids is 1. The summed E-state index contributed by atoms with van der Waals surface area (Å²) in [6.07, 6.45) is 6.50. The summed E-state index contributed by atoms with van der Waals surface area (Å²) < 4.78 is 24.6. The predicted molar refractivity (Wildman–Crippen MR) is 121 cm³/mol. The summed E-state index contributed by atoms with van der Waals surface area (Å²) in [7, 11) is 5.01. The lowest BCUT2D eigenvalue weighted by Crippen LogP contribution is -2.59. The van der Waals surface area contributed by atoms with Crippen molar-refractivity contribution in [2.75, 3.05) is 21.3 Å². The normalized spacial score (nSPS) is 30.2. The zero-order valence-corrected chi connectivity index (χ0v) is 19.2. The van der Waals surface area contributed by atoms with Crippen LogP contribution in [-0.4, -0.2) is 32.1 Å². The molecule has 0 radical (unpaired) electrons. The molecule has 4 aliphatic carbocycles. The van der Waals surface area contributed by atoms with Crippen LogP contribution in [0.1, 0.15) is 49.7 Å². The lowest BCUT2D eigenvalue weighted by Gasteiger charge is -2.62. The van der Waals surface area contributed by atoms with E-state index in [0.29, 0.717) is 18.4 Å². The molecule has 0 N–H and O–H groups in total. The van der Waals surface area contributed by atoms with Crippen molar-refractivity contribution in [2.45, 2.75) is 50.5 Å². The SMILES string of the molecule is COc1ccc(C23CC4CC(CC(C(=O)N(C)Cc5ccc(OC)c(F)c5)(C4)C2)C3)cc1. The Hall–Kier alpha value is -2.56. The van der Waals surface area contributed by atoms with Crippen LogP contribution in [0.2, 0.25) is 0 Å². The van der Waals surface area contributed by atoms with E-state index in [9.17, 15) is 9.18 Å². The number of methoxy groups -OCH3 is 2. The number of nitrogens with zero attached hydrogens (tertiary/aromatic N) is 1. The third-order valence-electron chi connectivity index (χ3n) is 8.20. The quantitative estimate of drug-likeness (QED) is 0.612. The van der Waals surface area contributed by atoms with Gasteiger partial charge in [-0.05, 0) is 91.2 Å². The summed E-state index contributed by atoms with van der Waals surface area (Å²) in [4.78, 5) is 15.7. The Bertz CT molecular complexity index is 1000. The fourth-order valence-electron chi connectivity index (χ4n) is 7.35. The van der Waals surface area contributed by atoms with Crippen molar-refractivity contribution in [3.63, 3.8) is 0 Å². The van der Waals surface area contributed by atoms with Gasteiger partial charge in [0.2, 0.25) is 5.91 Å². The molecule has 0 heterocycles. The van der Waals surface area contributed by atoms with Gasteiger partial charge in [-0.3, -0.25) is 4.79 Å². The zero-order chi connectivity index (χ0) is 22.5. The van der Waals surface area contributed by atoms with Crippen LogP contribution in [0.15, 0.2) is 42.5 Å². The average Bonchev–Trinajstić information content (AvgIpc) is 2.78. The lowest BCUT2D eigenvalue weighted by molar-refractivity contribution is -0.159. The van der Waals surface area contributed by atoms with Crippen molar-refractivity contribution < 1.29 is 18.7 Å². The average molecular weight is 438 g/mol. The molecule has 5 heteroatoms. The molecular weight excluding hydrogens is 405 g/mol. The summed E-state index contributed by atoms with van der Waals surface area (Å²) in [5.74, 6) is 2.14. The fourth-order valence-corrected chi connectivity index (χ4v) is 7.35. The highest BCUT2D eigenvalue weighted by molar-refractivity contribution is 5.83. The number of amides is 1. The molecule has 32 heavy (non-hydrogen) atoms. The highest BCUT2D eigenvalue weighted by Gasteiger charge is 2.61. The van der Waals surface area contributed by atoms with Gasteiger partial charge in [-0.2, -0.15) is 0 Å². The number of ether oxygens (including phenoxy) is 2. The van der Waals surface area contributed by atoms with Crippen molar-refractivity contribution >= 4 is 5.91 Å². The summed E-state index contributed by atoms with van der Waals surface area (Å²) in [6.45, 7) is 0.409.